The third-order valence-electron chi connectivity index (χ3n) is 5.14. The highest BCUT2D eigenvalue weighted by Gasteiger charge is 2.28. The van der Waals surface area contributed by atoms with E-state index in [-0.39, 0.29) is 5.66 Å². The molecule has 0 spiro atoms. The number of rotatable bonds is 9. The summed E-state index contributed by atoms with van der Waals surface area (Å²) in [6, 6.07) is 40.6. The van der Waals surface area contributed by atoms with Crippen molar-refractivity contribution >= 4 is 36.8 Å². The smallest absolute Gasteiger partial charge is 0.243 e. The molecule has 0 amide bonds. The summed E-state index contributed by atoms with van der Waals surface area (Å²) < 4.78 is 30.5. The first-order valence-corrected chi connectivity index (χ1v) is 15.5. The van der Waals surface area contributed by atoms with Gasteiger partial charge in [-0.05, 0) is 41.3 Å². The molecule has 1 unspecified atom stereocenters. The highest BCUT2D eigenvalue weighted by molar-refractivity contribution is 7.90. The van der Waals surface area contributed by atoms with Crippen LogP contribution in [-0.2, 0) is 14.1 Å². The SMILES string of the molecule is CS(=O)(=O)OP(/C=C/P(c1ccccc1)c1ccccc1)C(c1ccccc1)c1ccccc1. The largest absolute Gasteiger partial charge is 0.267 e. The maximum Gasteiger partial charge on any atom is 0.267 e. The van der Waals surface area contributed by atoms with Gasteiger partial charge in [-0.1, -0.05) is 121 Å². The zero-order valence-electron chi connectivity index (χ0n) is 18.8. The maximum absolute atomic E-state index is 12.4. The summed E-state index contributed by atoms with van der Waals surface area (Å²) in [5.41, 5.74) is 1.83. The summed E-state index contributed by atoms with van der Waals surface area (Å²) in [4.78, 5) is 0. The van der Waals surface area contributed by atoms with Crippen LogP contribution < -0.4 is 10.6 Å². The monoisotopic (exact) mass is 504 g/mol. The normalized spacial score (nSPS) is 12.9. The van der Waals surface area contributed by atoms with Gasteiger partial charge in [0.2, 0.25) is 0 Å². The fraction of sp³-hybridized carbons (Fsp3) is 0.0714. The van der Waals surface area contributed by atoms with Crippen LogP contribution in [0.2, 0.25) is 0 Å². The Bertz CT molecular complexity index is 1220. The van der Waals surface area contributed by atoms with Crippen LogP contribution in [-0.4, -0.2) is 14.7 Å². The lowest BCUT2D eigenvalue weighted by Crippen LogP contribution is -2.10. The van der Waals surface area contributed by atoms with Crippen LogP contribution in [0.15, 0.2) is 133 Å². The maximum atomic E-state index is 12.4. The minimum atomic E-state index is -3.68. The minimum Gasteiger partial charge on any atom is -0.243 e. The van der Waals surface area contributed by atoms with Crippen LogP contribution in [0.4, 0.5) is 0 Å². The topological polar surface area (TPSA) is 43.4 Å². The van der Waals surface area contributed by atoms with E-state index in [1.54, 1.807) is 0 Å². The van der Waals surface area contributed by atoms with Gasteiger partial charge in [0.1, 0.15) is 0 Å². The van der Waals surface area contributed by atoms with Crippen LogP contribution in [0.3, 0.4) is 0 Å². The van der Waals surface area contributed by atoms with Crippen molar-refractivity contribution in [2.75, 3.05) is 6.26 Å². The Morgan fingerprint density at radius 3 is 1.38 bits per heavy atom. The van der Waals surface area contributed by atoms with Crippen molar-refractivity contribution < 1.29 is 12.4 Å². The second kappa shape index (κ2) is 11.7. The summed E-state index contributed by atoms with van der Waals surface area (Å²) in [6.07, 6.45) is 1.13. The van der Waals surface area contributed by atoms with E-state index in [1.165, 1.54) is 10.6 Å². The fourth-order valence-corrected chi connectivity index (χ4v) is 9.28. The van der Waals surface area contributed by atoms with Gasteiger partial charge in [0.25, 0.3) is 10.1 Å². The molecule has 34 heavy (non-hydrogen) atoms. The molecule has 0 saturated heterocycles. The molecule has 0 radical (unpaired) electrons. The molecule has 172 valence electrons. The van der Waals surface area contributed by atoms with E-state index in [4.69, 9.17) is 3.97 Å². The predicted octanol–water partition coefficient (Wildman–Crippen LogP) is 6.75. The molecule has 4 rings (SSSR count). The Morgan fingerprint density at radius 1 is 0.618 bits per heavy atom. The molecule has 3 nitrogen and oxygen atoms in total. The molecule has 0 heterocycles. The Balaban J connectivity index is 1.80. The van der Waals surface area contributed by atoms with Crippen molar-refractivity contribution in [3.8, 4) is 0 Å². The van der Waals surface area contributed by atoms with Gasteiger partial charge >= 0.3 is 0 Å². The number of hydrogen-bond acceptors (Lipinski definition) is 3. The highest BCUT2D eigenvalue weighted by Crippen LogP contribution is 2.58. The van der Waals surface area contributed by atoms with E-state index < -0.39 is 26.2 Å². The van der Waals surface area contributed by atoms with Crippen LogP contribution in [0, 0.1) is 0 Å². The van der Waals surface area contributed by atoms with E-state index in [0.717, 1.165) is 17.4 Å². The molecule has 0 aliphatic rings. The summed E-state index contributed by atoms with van der Waals surface area (Å²) in [5.74, 6) is 4.14. The van der Waals surface area contributed by atoms with Gasteiger partial charge in [0.15, 0.2) is 0 Å². The predicted molar refractivity (Wildman–Crippen MR) is 146 cm³/mol. The lowest BCUT2D eigenvalue weighted by Gasteiger charge is -2.25. The van der Waals surface area contributed by atoms with Gasteiger partial charge in [-0.25, -0.2) is 3.97 Å². The Kier molecular flexibility index (Phi) is 8.43. The molecule has 0 aliphatic carbocycles. The first-order chi connectivity index (χ1) is 16.5. The van der Waals surface area contributed by atoms with E-state index in [9.17, 15) is 8.42 Å². The van der Waals surface area contributed by atoms with Crippen LogP contribution in [0.25, 0.3) is 0 Å². The van der Waals surface area contributed by atoms with E-state index in [1.807, 2.05) is 103 Å². The van der Waals surface area contributed by atoms with Crippen molar-refractivity contribution in [2.24, 2.45) is 0 Å². The van der Waals surface area contributed by atoms with Crippen LogP contribution in [0.1, 0.15) is 16.8 Å². The molecule has 0 fully saturated rings. The molecular formula is C28H26O3P2S. The van der Waals surface area contributed by atoms with Gasteiger partial charge in [0.05, 0.1) is 20.1 Å². The zero-order valence-corrected chi connectivity index (χ0v) is 21.4. The number of benzene rings is 4. The van der Waals surface area contributed by atoms with Crippen molar-refractivity contribution in [2.45, 2.75) is 5.66 Å². The fourth-order valence-electron chi connectivity index (χ4n) is 3.70. The molecule has 4 aromatic rings. The second-order valence-corrected chi connectivity index (χ2v) is 13.3. The first kappa shape index (κ1) is 24.5. The standard InChI is InChI=1S/C28H26O3P2S/c1-34(29,30)31-33(28(24-14-6-2-7-15-24)25-16-8-3-9-17-25)23-22-32(26-18-10-4-11-19-26)27-20-12-5-13-21-27/h2-23,28H,1H3/b23-22+. The highest BCUT2D eigenvalue weighted by atomic mass is 32.2. The molecular weight excluding hydrogens is 478 g/mol. The summed E-state index contributed by atoms with van der Waals surface area (Å²) in [7, 11) is -6.03. The molecule has 0 saturated carbocycles. The Morgan fingerprint density at radius 2 is 1.00 bits per heavy atom. The Hall–Kier alpha value is -2.61. The van der Waals surface area contributed by atoms with Crippen molar-refractivity contribution in [3.05, 3.63) is 144 Å². The van der Waals surface area contributed by atoms with Crippen molar-refractivity contribution in [1.29, 1.82) is 0 Å². The molecule has 0 aliphatic heterocycles. The van der Waals surface area contributed by atoms with Gasteiger partial charge in [-0.3, -0.25) is 0 Å². The third-order valence-corrected chi connectivity index (χ3v) is 10.8. The van der Waals surface area contributed by atoms with Gasteiger partial charge in [0, 0.05) is 0 Å². The van der Waals surface area contributed by atoms with E-state index in [2.05, 4.69) is 30.1 Å². The molecule has 4 aromatic carbocycles. The van der Waals surface area contributed by atoms with Crippen molar-refractivity contribution in [3.63, 3.8) is 0 Å². The van der Waals surface area contributed by atoms with Gasteiger partial charge in [-0.15, -0.1) is 0 Å². The third kappa shape index (κ3) is 6.72. The second-order valence-electron chi connectivity index (χ2n) is 7.70. The van der Waals surface area contributed by atoms with Crippen LogP contribution >= 0.6 is 16.1 Å². The average molecular weight is 505 g/mol. The lowest BCUT2D eigenvalue weighted by molar-refractivity contribution is 0.515. The van der Waals surface area contributed by atoms with Crippen LogP contribution in [0.5, 0.6) is 0 Å². The average Bonchev–Trinajstić information content (AvgIpc) is 2.86. The van der Waals surface area contributed by atoms with E-state index >= 15 is 0 Å². The number of hydrogen-bond donors (Lipinski definition) is 0. The zero-order chi connectivity index (χ0) is 23.8. The first-order valence-electron chi connectivity index (χ1n) is 10.9. The van der Waals surface area contributed by atoms with E-state index in [0.29, 0.717) is 0 Å². The molecule has 1 atom stereocenters. The molecule has 0 bridgehead atoms. The lowest BCUT2D eigenvalue weighted by atomic mass is 10.0. The van der Waals surface area contributed by atoms with Gasteiger partial charge < -0.3 is 0 Å². The molecule has 0 N–H and O–H groups in total. The van der Waals surface area contributed by atoms with Crippen molar-refractivity contribution in [1.82, 2.24) is 0 Å². The summed E-state index contributed by atoms with van der Waals surface area (Å²) >= 11 is 0. The summed E-state index contributed by atoms with van der Waals surface area (Å²) in [6.45, 7) is 0. The molecule has 6 heteroatoms. The summed E-state index contributed by atoms with van der Waals surface area (Å²) in [5, 5.41) is 2.40. The Labute approximate surface area is 204 Å². The van der Waals surface area contributed by atoms with Gasteiger partial charge in [-0.2, -0.15) is 8.42 Å². The minimum absolute atomic E-state index is 0.216. The molecule has 0 aromatic heterocycles. The quantitative estimate of drug-likeness (QED) is 0.237.